The van der Waals surface area contributed by atoms with Crippen LogP contribution in [0.4, 0.5) is 17.1 Å². The molecule has 29 heavy (non-hydrogen) atoms. The lowest BCUT2D eigenvalue weighted by Gasteiger charge is -2.10. The van der Waals surface area contributed by atoms with E-state index in [1.165, 1.54) is 12.1 Å². The number of nitrogens with zero attached hydrogens (tertiary/aromatic N) is 1. The summed E-state index contributed by atoms with van der Waals surface area (Å²) in [6.07, 6.45) is 0. The Morgan fingerprint density at radius 3 is 2.10 bits per heavy atom. The van der Waals surface area contributed by atoms with Crippen LogP contribution in [0.5, 0.6) is 0 Å². The van der Waals surface area contributed by atoms with Crippen molar-refractivity contribution in [3.8, 4) is 0 Å². The third-order valence-electron chi connectivity index (χ3n) is 4.17. The van der Waals surface area contributed by atoms with Gasteiger partial charge in [0.15, 0.2) is 0 Å². The highest BCUT2D eigenvalue weighted by Crippen LogP contribution is 2.24. The van der Waals surface area contributed by atoms with Crippen molar-refractivity contribution in [2.45, 2.75) is 6.92 Å². The second-order valence-corrected chi connectivity index (χ2v) is 6.63. The summed E-state index contributed by atoms with van der Waals surface area (Å²) in [5, 5.41) is 16.4. The Bertz CT molecular complexity index is 1110. The van der Waals surface area contributed by atoms with E-state index in [0.717, 1.165) is 11.6 Å². The SMILES string of the molecule is Cc1ccccc1C(=O)Nc1cccc(NC(=O)c2cc([N+](=O)[O-])ccc2Cl)c1. The molecule has 0 bridgehead atoms. The van der Waals surface area contributed by atoms with E-state index >= 15 is 0 Å². The number of rotatable bonds is 5. The van der Waals surface area contributed by atoms with E-state index in [2.05, 4.69) is 10.6 Å². The Hall–Kier alpha value is -3.71. The fourth-order valence-corrected chi connectivity index (χ4v) is 2.90. The smallest absolute Gasteiger partial charge is 0.270 e. The number of non-ortho nitro benzene ring substituents is 1. The molecule has 8 heteroatoms. The number of hydrogen-bond acceptors (Lipinski definition) is 4. The fourth-order valence-electron chi connectivity index (χ4n) is 2.70. The van der Waals surface area contributed by atoms with Gasteiger partial charge >= 0.3 is 0 Å². The van der Waals surface area contributed by atoms with E-state index in [4.69, 9.17) is 11.6 Å². The first kappa shape index (κ1) is 20.0. The molecular formula is C21H16ClN3O4. The number of carbonyl (C=O) groups excluding carboxylic acids is 2. The number of nitro groups is 1. The molecule has 0 atom stereocenters. The molecule has 7 nitrogen and oxygen atoms in total. The van der Waals surface area contributed by atoms with Crippen LogP contribution < -0.4 is 10.6 Å². The fraction of sp³-hybridized carbons (Fsp3) is 0.0476. The van der Waals surface area contributed by atoms with Crippen molar-refractivity contribution in [3.63, 3.8) is 0 Å². The van der Waals surface area contributed by atoms with Crippen LogP contribution in [0.15, 0.2) is 66.7 Å². The van der Waals surface area contributed by atoms with Crippen LogP contribution in [0, 0.1) is 17.0 Å². The van der Waals surface area contributed by atoms with Crippen LogP contribution in [0.25, 0.3) is 0 Å². The van der Waals surface area contributed by atoms with E-state index in [0.29, 0.717) is 16.9 Å². The number of anilines is 2. The molecule has 0 saturated carbocycles. The first-order chi connectivity index (χ1) is 13.8. The van der Waals surface area contributed by atoms with Gasteiger partial charge in [-0.2, -0.15) is 0 Å². The molecule has 0 saturated heterocycles. The molecule has 2 N–H and O–H groups in total. The number of nitro benzene ring substituents is 1. The number of nitrogens with one attached hydrogen (secondary N) is 2. The second-order valence-electron chi connectivity index (χ2n) is 6.23. The monoisotopic (exact) mass is 409 g/mol. The summed E-state index contributed by atoms with van der Waals surface area (Å²) in [5.41, 5.74) is 2.02. The maximum Gasteiger partial charge on any atom is 0.270 e. The van der Waals surface area contributed by atoms with Crippen molar-refractivity contribution in [1.29, 1.82) is 0 Å². The van der Waals surface area contributed by atoms with Gasteiger partial charge in [0.1, 0.15) is 0 Å². The molecule has 3 rings (SSSR count). The van der Waals surface area contributed by atoms with Crippen molar-refractivity contribution in [2.24, 2.45) is 0 Å². The van der Waals surface area contributed by atoms with Gasteiger partial charge in [-0.1, -0.05) is 35.9 Å². The lowest BCUT2D eigenvalue weighted by Crippen LogP contribution is -2.15. The van der Waals surface area contributed by atoms with E-state index in [1.54, 1.807) is 36.4 Å². The van der Waals surface area contributed by atoms with Gasteiger partial charge in [-0.05, 0) is 42.8 Å². The molecule has 0 radical (unpaired) electrons. The van der Waals surface area contributed by atoms with Gasteiger partial charge in [0.25, 0.3) is 17.5 Å². The summed E-state index contributed by atoms with van der Waals surface area (Å²) >= 11 is 6.00. The Morgan fingerprint density at radius 1 is 0.862 bits per heavy atom. The normalized spacial score (nSPS) is 10.3. The number of halogens is 1. The second kappa shape index (κ2) is 8.53. The zero-order valence-electron chi connectivity index (χ0n) is 15.3. The van der Waals surface area contributed by atoms with Crippen LogP contribution in [0.2, 0.25) is 5.02 Å². The zero-order valence-corrected chi connectivity index (χ0v) is 16.1. The van der Waals surface area contributed by atoms with Crippen LogP contribution in [-0.4, -0.2) is 16.7 Å². The minimum atomic E-state index is -0.602. The quantitative estimate of drug-likeness (QED) is 0.454. The third-order valence-corrected chi connectivity index (χ3v) is 4.50. The summed E-state index contributed by atoms with van der Waals surface area (Å²) < 4.78 is 0. The molecule has 0 aliphatic rings. The molecule has 3 aromatic carbocycles. The minimum absolute atomic E-state index is 0.0183. The highest BCUT2D eigenvalue weighted by Gasteiger charge is 2.16. The molecule has 0 aromatic heterocycles. The molecule has 0 aliphatic heterocycles. The molecule has 0 heterocycles. The van der Waals surface area contributed by atoms with E-state index in [1.807, 2.05) is 19.1 Å². The van der Waals surface area contributed by atoms with Crippen molar-refractivity contribution >= 4 is 40.5 Å². The highest BCUT2D eigenvalue weighted by molar-refractivity contribution is 6.34. The lowest BCUT2D eigenvalue weighted by molar-refractivity contribution is -0.384. The topological polar surface area (TPSA) is 101 Å². The molecule has 3 aromatic rings. The van der Waals surface area contributed by atoms with Crippen LogP contribution >= 0.6 is 11.6 Å². The molecule has 0 unspecified atom stereocenters. The van der Waals surface area contributed by atoms with Crippen molar-refractivity contribution in [3.05, 3.63) is 98.6 Å². The van der Waals surface area contributed by atoms with Gasteiger partial charge in [0.2, 0.25) is 0 Å². The van der Waals surface area contributed by atoms with Gasteiger partial charge in [-0.3, -0.25) is 19.7 Å². The summed E-state index contributed by atoms with van der Waals surface area (Å²) in [6, 6.07) is 17.4. The van der Waals surface area contributed by atoms with E-state index in [9.17, 15) is 19.7 Å². The minimum Gasteiger partial charge on any atom is -0.322 e. The van der Waals surface area contributed by atoms with Crippen molar-refractivity contribution in [2.75, 3.05) is 10.6 Å². The highest BCUT2D eigenvalue weighted by atomic mass is 35.5. The van der Waals surface area contributed by atoms with E-state index in [-0.39, 0.29) is 22.2 Å². The zero-order chi connectivity index (χ0) is 21.0. The molecular weight excluding hydrogens is 394 g/mol. The predicted octanol–water partition coefficient (Wildman–Crippen LogP) is 5.06. The lowest BCUT2D eigenvalue weighted by atomic mass is 10.1. The maximum absolute atomic E-state index is 12.5. The summed E-state index contributed by atoms with van der Waals surface area (Å²) in [4.78, 5) is 35.3. The predicted molar refractivity (Wildman–Crippen MR) is 112 cm³/mol. The number of aryl methyl sites for hydroxylation is 1. The van der Waals surface area contributed by atoms with Gasteiger partial charge in [-0.15, -0.1) is 0 Å². The third kappa shape index (κ3) is 4.77. The Morgan fingerprint density at radius 2 is 1.48 bits per heavy atom. The maximum atomic E-state index is 12.5. The molecule has 0 spiro atoms. The first-order valence-electron chi connectivity index (χ1n) is 8.57. The Kier molecular flexibility index (Phi) is 5.90. The largest absolute Gasteiger partial charge is 0.322 e. The molecule has 2 amide bonds. The van der Waals surface area contributed by atoms with Gasteiger partial charge in [-0.25, -0.2) is 0 Å². The van der Waals surface area contributed by atoms with Crippen molar-refractivity contribution < 1.29 is 14.5 Å². The average molecular weight is 410 g/mol. The molecule has 0 aliphatic carbocycles. The molecule has 0 fully saturated rings. The number of carbonyl (C=O) groups is 2. The van der Waals surface area contributed by atoms with Gasteiger partial charge in [0, 0.05) is 29.1 Å². The molecule has 146 valence electrons. The summed E-state index contributed by atoms with van der Waals surface area (Å²) in [6.45, 7) is 1.84. The Balaban J connectivity index is 1.77. The number of hydrogen-bond donors (Lipinski definition) is 2. The standard InChI is InChI=1S/C21H16ClN3O4/c1-13-5-2-3-8-17(13)20(26)23-14-6-4-7-15(11-14)24-21(27)18-12-16(25(28)29)9-10-19(18)22/h2-12H,1H3,(H,23,26)(H,24,27). The van der Waals surface area contributed by atoms with Crippen LogP contribution in [-0.2, 0) is 0 Å². The summed E-state index contributed by atoms with van der Waals surface area (Å²) in [5.74, 6) is -0.866. The first-order valence-corrected chi connectivity index (χ1v) is 8.95. The van der Waals surface area contributed by atoms with Gasteiger partial charge in [0.05, 0.1) is 15.5 Å². The Labute approximate surface area is 171 Å². The van der Waals surface area contributed by atoms with Crippen LogP contribution in [0.1, 0.15) is 26.3 Å². The van der Waals surface area contributed by atoms with Gasteiger partial charge < -0.3 is 10.6 Å². The summed E-state index contributed by atoms with van der Waals surface area (Å²) in [7, 11) is 0. The van der Waals surface area contributed by atoms with Crippen molar-refractivity contribution in [1.82, 2.24) is 0 Å². The van der Waals surface area contributed by atoms with E-state index < -0.39 is 10.8 Å². The number of benzene rings is 3. The number of amides is 2. The van der Waals surface area contributed by atoms with Crippen LogP contribution in [0.3, 0.4) is 0 Å². The average Bonchev–Trinajstić information content (AvgIpc) is 2.68.